The minimum atomic E-state index is 1.05. The summed E-state index contributed by atoms with van der Waals surface area (Å²) in [6, 6.07) is 10.8. The van der Waals surface area contributed by atoms with E-state index >= 15 is 0 Å². The molecule has 0 atom stereocenters. The molecule has 2 fully saturated rings. The van der Waals surface area contributed by atoms with E-state index in [4.69, 9.17) is 0 Å². The van der Waals surface area contributed by atoms with Crippen LogP contribution in [0.15, 0.2) is 30.3 Å². The van der Waals surface area contributed by atoms with Gasteiger partial charge in [0.25, 0.3) is 0 Å². The second kappa shape index (κ2) is 5.75. The maximum absolute atomic E-state index is 2.65. The first-order valence-corrected chi connectivity index (χ1v) is 7.44. The summed E-state index contributed by atoms with van der Waals surface area (Å²) in [5.41, 5.74) is 1.39. The number of piperazine rings is 1. The Morgan fingerprint density at radius 3 is 2.28 bits per heavy atom. The van der Waals surface area contributed by atoms with Crippen LogP contribution < -0.4 is 4.90 Å². The van der Waals surface area contributed by atoms with Gasteiger partial charge < -0.3 is 4.90 Å². The van der Waals surface area contributed by atoms with Crippen LogP contribution in [0.1, 0.15) is 25.7 Å². The van der Waals surface area contributed by atoms with Crippen molar-refractivity contribution in [2.45, 2.75) is 25.7 Å². The van der Waals surface area contributed by atoms with Gasteiger partial charge in [0, 0.05) is 31.9 Å². The maximum Gasteiger partial charge on any atom is 0.0367 e. The normalized spacial score (nSPS) is 21.9. The molecule has 1 saturated carbocycles. The number of anilines is 1. The molecule has 0 amide bonds. The zero-order valence-electron chi connectivity index (χ0n) is 11.2. The minimum absolute atomic E-state index is 1.05. The highest BCUT2D eigenvalue weighted by Crippen LogP contribution is 2.29. The second-order valence-electron chi connectivity index (χ2n) is 5.75. The van der Waals surface area contributed by atoms with Crippen LogP contribution in [-0.2, 0) is 0 Å². The molecule has 2 heteroatoms. The standard InChI is InChI=1S/C16H24N2/c1-2-7-16(8-3-1)18-13-11-17(12-14-18)10-9-15-5-4-6-15/h1-3,7-8,15H,4-6,9-14H2. The molecule has 2 aliphatic rings. The van der Waals surface area contributed by atoms with Crippen molar-refractivity contribution in [2.24, 2.45) is 5.92 Å². The molecule has 98 valence electrons. The first-order chi connectivity index (χ1) is 8.92. The highest BCUT2D eigenvalue weighted by Gasteiger charge is 2.21. The fourth-order valence-electron chi connectivity index (χ4n) is 3.02. The Morgan fingerprint density at radius 2 is 1.67 bits per heavy atom. The van der Waals surface area contributed by atoms with E-state index in [2.05, 4.69) is 40.1 Å². The lowest BCUT2D eigenvalue weighted by atomic mass is 9.83. The summed E-state index contributed by atoms with van der Waals surface area (Å²) in [5, 5.41) is 0. The summed E-state index contributed by atoms with van der Waals surface area (Å²) < 4.78 is 0. The molecule has 0 N–H and O–H groups in total. The summed E-state index contributed by atoms with van der Waals surface area (Å²) in [6.45, 7) is 6.18. The number of para-hydroxylation sites is 1. The predicted octanol–water partition coefficient (Wildman–Crippen LogP) is 3.00. The van der Waals surface area contributed by atoms with Crippen molar-refractivity contribution < 1.29 is 0 Å². The zero-order valence-corrected chi connectivity index (χ0v) is 11.2. The Labute approximate surface area is 111 Å². The quantitative estimate of drug-likeness (QED) is 0.803. The van der Waals surface area contributed by atoms with Gasteiger partial charge in [0.15, 0.2) is 0 Å². The van der Waals surface area contributed by atoms with E-state index < -0.39 is 0 Å². The van der Waals surface area contributed by atoms with Crippen molar-refractivity contribution in [1.29, 1.82) is 0 Å². The molecule has 1 saturated heterocycles. The Morgan fingerprint density at radius 1 is 0.944 bits per heavy atom. The molecule has 0 unspecified atom stereocenters. The van der Waals surface area contributed by atoms with E-state index in [0.717, 1.165) is 5.92 Å². The van der Waals surface area contributed by atoms with Crippen molar-refractivity contribution in [2.75, 3.05) is 37.6 Å². The van der Waals surface area contributed by atoms with Gasteiger partial charge in [-0.05, 0) is 31.0 Å². The van der Waals surface area contributed by atoms with E-state index in [-0.39, 0.29) is 0 Å². The Hall–Kier alpha value is -1.02. The van der Waals surface area contributed by atoms with Crippen molar-refractivity contribution in [3.8, 4) is 0 Å². The minimum Gasteiger partial charge on any atom is -0.369 e. The summed E-state index contributed by atoms with van der Waals surface area (Å²) in [4.78, 5) is 5.16. The SMILES string of the molecule is c1ccc(N2CCN(CCC3CCC3)CC2)cc1. The average molecular weight is 244 g/mol. The van der Waals surface area contributed by atoms with E-state index in [0.29, 0.717) is 0 Å². The first kappa shape index (κ1) is 12.0. The van der Waals surface area contributed by atoms with Gasteiger partial charge in [0.05, 0.1) is 0 Å². The highest BCUT2D eigenvalue weighted by atomic mass is 15.3. The van der Waals surface area contributed by atoms with Crippen LogP contribution in [0.2, 0.25) is 0 Å². The fourth-order valence-corrected chi connectivity index (χ4v) is 3.02. The smallest absolute Gasteiger partial charge is 0.0367 e. The zero-order chi connectivity index (χ0) is 12.2. The van der Waals surface area contributed by atoms with Crippen LogP contribution in [0.3, 0.4) is 0 Å². The molecule has 0 bridgehead atoms. The molecule has 1 aromatic rings. The molecule has 0 spiro atoms. The Bertz CT molecular complexity index is 351. The molecule has 1 heterocycles. The molecule has 0 radical (unpaired) electrons. The largest absolute Gasteiger partial charge is 0.369 e. The topological polar surface area (TPSA) is 6.48 Å². The summed E-state index contributed by atoms with van der Waals surface area (Å²) in [7, 11) is 0. The van der Waals surface area contributed by atoms with Crippen LogP contribution in [0, 0.1) is 5.92 Å². The number of hydrogen-bond acceptors (Lipinski definition) is 2. The molecule has 1 aliphatic heterocycles. The van der Waals surface area contributed by atoms with E-state index in [1.54, 1.807) is 0 Å². The van der Waals surface area contributed by atoms with Crippen molar-refractivity contribution in [3.05, 3.63) is 30.3 Å². The maximum atomic E-state index is 2.65. The molecule has 1 aromatic carbocycles. The third-order valence-corrected chi connectivity index (χ3v) is 4.57. The summed E-state index contributed by atoms with van der Waals surface area (Å²) >= 11 is 0. The third kappa shape index (κ3) is 2.86. The van der Waals surface area contributed by atoms with Crippen LogP contribution >= 0.6 is 0 Å². The van der Waals surface area contributed by atoms with Crippen molar-refractivity contribution in [1.82, 2.24) is 4.90 Å². The third-order valence-electron chi connectivity index (χ3n) is 4.57. The number of hydrogen-bond donors (Lipinski definition) is 0. The van der Waals surface area contributed by atoms with E-state index in [9.17, 15) is 0 Å². The van der Waals surface area contributed by atoms with Crippen molar-refractivity contribution >= 4 is 5.69 Å². The van der Waals surface area contributed by atoms with Crippen molar-refractivity contribution in [3.63, 3.8) is 0 Å². The molecule has 2 nitrogen and oxygen atoms in total. The molecule has 1 aliphatic carbocycles. The Balaban J connectivity index is 1.43. The van der Waals surface area contributed by atoms with Gasteiger partial charge in [-0.1, -0.05) is 37.5 Å². The monoisotopic (exact) mass is 244 g/mol. The number of benzene rings is 1. The fraction of sp³-hybridized carbons (Fsp3) is 0.625. The van der Waals surface area contributed by atoms with E-state index in [1.807, 2.05) is 0 Å². The van der Waals surface area contributed by atoms with Gasteiger partial charge in [0.1, 0.15) is 0 Å². The molecule has 0 aromatic heterocycles. The van der Waals surface area contributed by atoms with Gasteiger partial charge in [-0.3, -0.25) is 4.90 Å². The van der Waals surface area contributed by atoms with Gasteiger partial charge in [0.2, 0.25) is 0 Å². The lowest BCUT2D eigenvalue weighted by Gasteiger charge is -2.37. The second-order valence-corrected chi connectivity index (χ2v) is 5.75. The Kier molecular flexibility index (Phi) is 3.84. The molecular formula is C16H24N2. The lowest BCUT2D eigenvalue weighted by molar-refractivity contribution is 0.205. The van der Waals surface area contributed by atoms with Gasteiger partial charge in [-0.15, -0.1) is 0 Å². The van der Waals surface area contributed by atoms with Gasteiger partial charge in [-0.2, -0.15) is 0 Å². The van der Waals surface area contributed by atoms with Gasteiger partial charge in [-0.25, -0.2) is 0 Å². The van der Waals surface area contributed by atoms with Crippen LogP contribution in [-0.4, -0.2) is 37.6 Å². The average Bonchev–Trinajstić information content (AvgIpc) is 2.39. The van der Waals surface area contributed by atoms with Gasteiger partial charge >= 0.3 is 0 Å². The summed E-state index contributed by atoms with van der Waals surface area (Å²) in [5.74, 6) is 1.05. The van der Waals surface area contributed by atoms with Crippen LogP contribution in [0.5, 0.6) is 0 Å². The van der Waals surface area contributed by atoms with E-state index in [1.165, 1.54) is 64.1 Å². The lowest BCUT2D eigenvalue weighted by Crippen LogP contribution is -2.47. The molecule has 18 heavy (non-hydrogen) atoms. The molecule has 3 rings (SSSR count). The number of rotatable bonds is 4. The predicted molar refractivity (Wildman–Crippen MR) is 77.1 cm³/mol. The molecular weight excluding hydrogens is 220 g/mol. The van der Waals surface area contributed by atoms with Crippen LogP contribution in [0.25, 0.3) is 0 Å². The van der Waals surface area contributed by atoms with Crippen LogP contribution in [0.4, 0.5) is 5.69 Å². The number of nitrogens with zero attached hydrogens (tertiary/aromatic N) is 2. The first-order valence-electron chi connectivity index (χ1n) is 7.44. The highest BCUT2D eigenvalue weighted by molar-refractivity contribution is 5.46. The summed E-state index contributed by atoms with van der Waals surface area (Å²) in [6.07, 6.45) is 5.89.